The van der Waals surface area contributed by atoms with E-state index in [1.54, 1.807) is 0 Å². The minimum Gasteiger partial charge on any atom is -0.323 e. The Labute approximate surface area is 103 Å². The summed E-state index contributed by atoms with van der Waals surface area (Å²) < 4.78 is 1.47. The van der Waals surface area contributed by atoms with Crippen LogP contribution in [0.4, 0.5) is 0 Å². The standard InChI is InChI=1S/C11H13N3O4/c1-7(2)13-8(5-6-12-13)11(17)18-14-9(15)3-4-10(14)16/h5-7H,3-4H2,1-2H3. The van der Waals surface area contributed by atoms with Gasteiger partial charge >= 0.3 is 5.97 Å². The van der Waals surface area contributed by atoms with Crippen LogP contribution in [0.2, 0.25) is 0 Å². The zero-order chi connectivity index (χ0) is 13.3. The van der Waals surface area contributed by atoms with Gasteiger partial charge in [0, 0.05) is 25.1 Å². The Morgan fingerprint density at radius 2 is 1.94 bits per heavy atom. The first-order chi connectivity index (χ1) is 8.50. The highest BCUT2D eigenvalue weighted by Crippen LogP contribution is 2.15. The quantitative estimate of drug-likeness (QED) is 0.738. The Morgan fingerprint density at radius 3 is 2.50 bits per heavy atom. The molecule has 1 saturated heterocycles. The molecule has 18 heavy (non-hydrogen) atoms. The summed E-state index contributed by atoms with van der Waals surface area (Å²) in [6.07, 6.45) is 1.62. The molecule has 0 atom stereocenters. The zero-order valence-corrected chi connectivity index (χ0v) is 10.1. The minimum atomic E-state index is -0.759. The van der Waals surface area contributed by atoms with Gasteiger partial charge in [-0.3, -0.25) is 14.3 Å². The van der Waals surface area contributed by atoms with Gasteiger partial charge < -0.3 is 4.84 Å². The van der Waals surface area contributed by atoms with Crippen LogP contribution in [0.1, 0.15) is 43.2 Å². The van der Waals surface area contributed by atoms with Crippen molar-refractivity contribution >= 4 is 17.8 Å². The number of imide groups is 1. The van der Waals surface area contributed by atoms with Gasteiger partial charge in [-0.05, 0) is 19.9 Å². The second kappa shape index (κ2) is 4.59. The number of hydrogen-bond donors (Lipinski definition) is 0. The number of amides is 2. The van der Waals surface area contributed by atoms with Crippen LogP contribution in [0.5, 0.6) is 0 Å². The van der Waals surface area contributed by atoms with Crippen LogP contribution >= 0.6 is 0 Å². The van der Waals surface area contributed by atoms with E-state index in [-0.39, 0.29) is 24.6 Å². The Kier molecular flexibility index (Phi) is 3.14. The van der Waals surface area contributed by atoms with Crippen molar-refractivity contribution in [3.8, 4) is 0 Å². The van der Waals surface area contributed by atoms with Crippen LogP contribution in [-0.2, 0) is 14.4 Å². The van der Waals surface area contributed by atoms with Gasteiger partial charge in [-0.1, -0.05) is 0 Å². The number of carbonyl (C=O) groups excluding carboxylic acids is 3. The number of nitrogens with zero attached hydrogens (tertiary/aromatic N) is 3. The van der Waals surface area contributed by atoms with Crippen LogP contribution in [0.15, 0.2) is 12.3 Å². The largest absolute Gasteiger partial charge is 0.381 e. The first-order valence-electron chi connectivity index (χ1n) is 5.62. The fraction of sp³-hybridized carbons (Fsp3) is 0.455. The number of hydrogen-bond acceptors (Lipinski definition) is 5. The summed E-state index contributed by atoms with van der Waals surface area (Å²) in [5.74, 6) is -1.75. The molecule has 2 heterocycles. The highest BCUT2D eigenvalue weighted by atomic mass is 16.7. The van der Waals surface area contributed by atoms with Crippen LogP contribution in [-0.4, -0.2) is 32.6 Å². The van der Waals surface area contributed by atoms with E-state index in [1.807, 2.05) is 13.8 Å². The molecule has 0 spiro atoms. The predicted molar refractivity (Wildman–Crippen MR) is 59.1 cm³/mol. The monoisotopic (exact) mass is 251 g/mol. The summed E-state index contributed by atoms with van der Waals surface area (Å²) in [4.78, 5) is 39.3. The third-order valence-corrected chi connectivity index (χ3v) is 2.55. The topological polar surface area (TPSA) is 81.5 Å². The highest BCUT2D eigenvalue weighted by Gasteiger charge is 2.33. The second-order valence-corrected chi connectivity index (χ2v) is 4.22. The minimum absolute atomic E-state index is 0.0208. The molecule has 7 heteroatoms. The maximum absolute atomic E-state index is 11.8. The Morgan fingerprint density at radius 1 is 1.33 bits per heavy atom. The van der Waals surface area contributed by atoms with Crippen molar-refractivity contribution in [2.45, 2.75) is 32.7 Å². The molecule has 1 aromatic heterocycles. The van der Waals surface area contributed by atoms with E-state index in [0.717, 1.165) is 0 Å². The van der Waals surface area contributed by atoms with Crippen molar-refractivity contribution < 1.29 is 19.2 Å². The van der Waals surface area contributed by atoms with E-state index in [1.165, 1.54) is 16.9 Å². The van der Waals surface area contributed by atoms with Crippen molar-refractivity contribution in [2.24, 2.45) is 0 Å². The molecule has 0 aromatic carbocycles. The first-order valence-corrected chi connectivity index (χ1v) is 5.62. The van der Waals surface area contributed by atoms with E-state index < -0.39 is 17.8 Å². The SMILES string of the molecule is CC(C)n1nccc1C(=O)ON1C(=O)CCC1=O. The van der Waals surface area contributed by atoms with Crippen LogP contribution in [0.25, 0.3) is 0 Å². The fourth-order valence-corrected chi connectivity index (χ4v) is 1.67. The molecule has 1 aliphatic heterocycles. The average molecular weight is 251 g/mol. The van der Waals surface area contributed by atoms with Crippen molar-refractivity contribution in [3.63, 3.8) is 0 Å². The highest BCUT2D eigenvalue weighted by molar-refractivity contribution is 6.02. The smallest absolute Gasteiger partial charge is 0.323 e. The molecule has 0 bridgehead atoms. The van der Waals surface area contributed by atoms with E-state index in [4.69, 9.17) is 4.84 Å². The third kappa shape index (κ3) is 2.11. The van der Waals surface area contributed by atoms with Crippen LogP contribution < -0.4 is 0 Å². The second-order valence-electron chi connectivity index (χ2n) is 4.22. The first kappa shape index (κ1) is 12.3. The van der Waals surface area contributed by atoms with Gasteiger partial charge in [-0.2, -0.15) is 5.10 Å². The fourth-order valence-electron chi connectivity index (χ4n) is 1.67. The molecule has 1 aromatic rings. The summed E-state index contributed by atoms with van der Waals surface area (Å²) in [6.45, 7) is 3.71. The number of rotatable bonds is 3. The third-order valence-electron chi connectivity index (χ3n) is 2.55. The molecule has 1 aliphatic rings. The Bertz CT molecular complexity index is 490. The molecule has 0 N–H and O–H groups in total. The Balaban J connectivity index is 2.15. The maximum Gasteiger partial charge on any atom is 0.381 e. The van der Waals surface area contributed by atoms with Crippen molar-refractivity contribution in [2.75, 3.05) is 0 Å². The molecule has 2 amide bonds. The van der Waals surface area contributed by atoms with Crippen molar-refractivity contribution in [1.29, 1.82) is 0 Å². The Hall–Kier alpha value is -2.18. The molecule has 7 nitrogen and oxygen atoms in total. The van der Waals surface area contributed by atoms with Gasteiger partial charge in [0.1, 0.15) is 5.69 Å². The van der Waals surface area contributed by atoms with E-state index in [0.29, 0.717) is 5.06 Å². The lowest BCUT2D eigenvalue weighted by molar-refractivity contribution is -0.172. The normalized spacial score (nSPS) is 15.6. The van der Waals surface area contributed by atoms with Crippen LogP contribution in [0, 0.1) is 0 Å². The summed E-state index contributed by atoms with van der Waals surface area (Å²) >= 11 is 0. The molecule has 0 radical (unpaired) electrons. The molecular formula is C11H13N3O4. The lowest BCUT2D eigenvalue weighted by Crippen LogP contribution is -2.33. The average Bonchev–Trinajstić information content (AvgIpc) is 2.90. The van der Waals surface area contributed by atoms with Gasteiger partial charge in [0.25, 0.3) is 11.8 Å². The van der Waals surface area contributed by atoms with Gasteiger partial charge in [-0.25, -0.2) is 4.79 Å². The summed E-state index contributed by atoms with van der Waals surface area (Å²) in [6, 6.07) is 1.46. The molecule has 96 valence electrons. The number of hydroxylamine groups is 2. The van der Waals surface area contributed by atoms with Crippen molar-refractivity contribution in [1.82, 2.24) is 14.8 Å². The molecule has 1 fully saturated rings. The van der Waals surface area contributed by atoms with Gasteiger partial charge in [0.2, 0.25) is 0 Å². The lowest BCUT2D eigenvalue weighted by atomic mass is 10.3. The maximum atomic E-state index is 11.8. The molecule has 0 unspecified atom stereocenters. The van der Waals surface area contributed by atoms with Gasteiger partial charge in [0.15, 0.2) is 0 Å². The predicted octanol–water partition coefficient (Wildman–Crippen LogP) is 0.685. The molecular weight excluding hydrogens is 238 g/mol. The summed E-state index contributed by atoms with van der Waals surface area (Å²) in [7, 11) is 0. The van der Waals surface area contributed by atoms with E-state index >= 15 is 0 Å². The van der Waals surface area contributed by atoms with Crippen molar-refractivity contribution in [3.05, 3.63) is 18.0 Å². The zero-order valence-electron chi connectivity index (χ0n) is 10.1. The van der Waals surface area contributed by atoms with E-state index in [2.05, 4.69) is 5.10 Å². The molecule has 2 rings (SSSR count). The van der Waals surface area contributed by atoms with E-state index in [9.17, 15) is 14.4 Å². The molecule has 0 saturated carbocycles. The summed E-state index contributed by atoms with van der Waals surface area (Å²) in [5.41, 5.74) is 0.206. The summed E-state index contributed by atoms with van der Waals surface area (Å²) in [5, 5.41) is 4.50. The van der Waals surface area contributed by atoms with Gasteiger partial charge in [0.05, 0.1) is 0 Å². The number of carbonyl (C=O) groups is 3. The van der Waals surface area contributed by atoms with Gasteiger partial charge in [-0.15, -0.1) is 5.06 Å². The van der Waals surface area contributed by atoms with Crippen LogP contribution in [0.3, 0.4) is 0 Å². The molecule has 0 aliphatic carbocycles. The lowest BCUT2D eigenvalue weighted by Gasteiger charge is -2.14. The number of aromatic nitrogens is 2.